The van der Waals surface area contributed by atoms with Crippen LogP contribution in [0.15, 0.2) is 12.4 Å². The number of carbonyl (C=O) groups excluding carboxylic acids is 1. The number of anilines is 1. The van der Waals surface area contributed by atoms with Crippen molar-refractivity contribution in [2.45, 2.75) is 6.42 Å². The first-order chi connectivity index (χ1) is 7.63. The average Bonchev–Trinajstić information content (AvgIpc) is 2.60. The van der Waals surface area contributed by atoms with Crippen LogP contribution in [0, 0.1) is 9.49 Å². The second-order valence-electron chi connectivity index (χ2n) is 3.76. The molecule has 1 fully saturated rings. The Balaban J connectivity index is 2.35. The molecule has 86 valence electrons. The molecule has 4 nitrogen and oxygen atoms in total. The van der Waals surface area contributed by atoms with E-state index in [9.17, 15) is 4.79 Å². The summed E-state index contributed by atoms with van der Waals surface area (Å²) in [5, 5.41) is 0.512. The first-order valence-corrected chi connectivity index (χ1v) is 6.38. The molecule has 16 heavy (non-hydrogen) atoms. The standard InChI is InChI=1S/C10H11ClIN3O/c11-7-3-14-4-8(12)10(7)15-5-6(2-13)1-9(15)16/h3-4,6H,1-2,5,13H2. The van der Waals surface area contributed by atoms with Crippen LogP contribution < -0.4 is 10.6 Å². The van der Waals surface area contributed by atoms with Crippen LogP contribution in [0.2, 0.25) is 5.02 Å². The molecular weight excluding hydrogens is 340 g/mol. The van der Waals surface area contributed by atoms with Gasteiger partial charge >= 0.3 is 0 Å². The Morgan fingerprint density at radius 2 is 2.38 bits per heavy atom. The van der Waals surface area contributed by atoms with E-state index in [1.807, 2.05) is 0 Å². The summed E-state index contributed by atoms with van der Waals surface area (Å²) >= 11 is 8.21. The highest BCUT2D eigenvalue weighted by Gasteiger charge is 2.31. The summed E-state index contributed by atoms with van der Waals surface area (Å²) in [5.41, 5.74) is 6.35. The number of halogens is 2. The second-order valence-corrected chi connectivity index (χ2v) is 5.33. The van der Waals surface area contributed by atoms with Gasteiger partial charge in [0.05, 0.1) is 14.3 Å². The van der Waals surface area contributed by atoms with Gasteiger partial charge in [-0.25, -0.2) is 0 Å². The third kappa shape index (κ3) is 2.16. The van der Waals surface area contributed by atoms with Crippen LogP contribution in [0.3, 0.4) is 0 Å². The van der Waals surface area contributed by atoms with Crippen molar-refractivity contribution in [3.8, 4) is 0 Å². The Morgan fingerprint density at radius 1 is 1.62 bits per heavy atom. The molecule has 1 aromatic heterocycles. The lowest BCUT2D eigenvalue weighted by molar-refractivity contribution is -0.117. The highest BCUT2D eigenvalue weighted by atomic mass is 127. The largest absolute Gasteiger partial charge is 0.330 e. The fraction of sp³-hybridized carbons (Fsp3) is 0.400. The van der Waals surface area contributed by atoms with Crippen LogP contribution in [-0.4, -0.2) is 24.0 Å². The molecule has 1 aliphatic rings. The third-order valence-electron chi connectivity index (χ3n) is 2.64. The summed E-state index contributed by atoms with van der Waals surface area (Å²) in [5.74, 6) is 0.314. The predicted octanol–water partition coefficient (Wildman–Crippen LogP) is 1.65. The quantitative estimate of drug-likeness (QED) is 0.824. The molecule has 0 bridgehead atoms. The minimum absolute atomic E-state index is 0.0847. The first kappa shape index (κ1) is 12.1. The minimum atomic E-state index is 0.0847. The smallest absolute Gasteiger partial charge is 0.227 e. The molecule has 6 heteroatoms. The summed E-state index contributed by atoms with van der Waals surface area (Å²) < 4.78 is 0.885. The topological polar surface area (TPSA) is 59.2 Å². The van der Waals surface area contributed by atoms with E-state index in [0.29, 0.717) is 24.5 Å². The average molecular weight is 352 g/mol. The van der Waals surface area contributed by atoms with Crippen molar-refractivity contribution >= 4 is 45.8 Å². The van der Waals surface area contributed by atoms with Gasteiger partial charge in [-0.1, -0.05) is 11.6 Å². The number of amides is 1. The van der Waals surface area contributed by atoms with Crippen LogP contribution in [0.4, 0.5) is 5.69 Å². The minimum Gasteiger partial charge on any atom is -0.330 e. The normalized spacial score (nSPS) is 20.6. The van der Waals surface area contributed by atoms with Crippen molar-refractivity contribution in [3.63, 3.8) is 0 Å². The number of hydrogen-bond acceptors (Lipinski definition) is 3. The van der Waals surface area contributed by atoms with E-state index in [1.165, 1.54) is 0 Å². The second kappa shape index (κ2) is 4.85. The van der Waals surface area contributed by atoms with E-state index < -0.39 is 0 Å². The van der Waals surface area contributed by atoms with Gasteiger partial charge in [0.1, 0.15) is 0 Å². The fourth-order valence-electron chi connectivity index (χ4n) is 1.82. The van der Waals surface area contributed by atoms with Gasteiger partial charge in [-0.2, -0.15) is 0 Å². The van der Waals surface area contributed by atoms with Gasteiger partial charge in [0, 0.05) is 25.4 Å². The highest BCUT2D eigenvalue weighted by molar-refractivity contribution is 14.1. The van der Waals surface area contributed by atoms with Crippen LogP contribution in [-0.2, 0) is 4.79 Å². The number of carbonyl (C=O) groups is 1. The van der Waals surface area contributed by atoms with Crippen LogP contribution in [0.25, 0.3) is 0 Å². The molecule has 2 heterocycles. The number of hydrogen-bond donors (Lipinski definition) is 1. The lowest BCUT2D eigenvalue weighted by atomic mass is 10.1. The Hall–Kier alpha value is -0.400. The number of nitrogens with two attached hydrogens (primary N) is 1. The van der Waals surface area contributed by atoms with Crippen molar-refractivity contribution in [1.82, 2.24) is 4.98 Å². The molecule has 1 aliphatic heterocycles. The number of aromatic nitrogens is 1. The van der Waals surface area contributed by atoms with Gasteiger partial charge in [0.15, 0.2) is 0 Å². The Morgan fingerprint density at radius 3 is 2.94 bits per heavy atom. The van der Waals surface area contributed by atoms with Gasteiger partial charge in [-0.3, -0.25) is 9.78 Å². The SMILES string of the molecule is NCC1CC(=O)N(c2c(Cl)cncc2I)C1. The van der Waals surface area contributed by atoms with Gasteiger partial charge in [0.25, 0.3) is 0 Å². The van der Waals surface area contributed by atoms with E-state index in [2.05, 4.69) is 27.6 Å². The predicted molar refractivity (Wildman–Crippen MR) is 71.5 cm³/mol. The van der Waals surface area contributed by atoms with E-state index >= 15 is 0 Å². The maximum atomic E-state index is 11.8. The van der Waals surface area contributed by atoms with Crippen molar-refractivity contribution < 1.29 is 4.79 Å². The summed E-state index contributed by atoms with van der Waals surface area (Å²) in [4.78, 5) is 17.5. The molecule has 0 aromatic carbocycles. The fourth-order valence-corrected chi connectivity index (χ4v) is 2.98. The van der Waals surface area contributed by atoms with Crippen molar-refractivity contribution in [2.24, 2.45) is 11.7 Å². The molecule has 1 amide bonds. The zero-order valence-corrected chi connectivity index (χ0v) is 11.4. The molecule has 1 aromatic rings. The van der Waals surface area contributed by atoms with Crippen LogP contribution in [0.5, 0.6) is 0 Å². The summed E-state index contributed by atoms with van der Waals surface area (Å²) in [6.45, 7) is 1.18. The van der Waals surface area contributed by atoms with E-state index in [0.717, 1.165) is 9.26 Å². The number of pyridine rings is 1. The molecule has 2 N–H and O–H groups in total. The Bertz CT molecular complexity index is 406. The van der Waals surface area contributed by atoms with Crippen LogP contribution >= 0.6 is 34.2 Å². The summed E-state index contributed by atoms with van der Waals surface area (Å²) in [6, 6.07) is 0. The summed E-state index contributed by atoms with van der Waals surface area (Å²) in [7, 11) is 0. The van der Waals surface area contributed by atoms with E-state index in [4.69, 9.17) is 17.3 Å². The molecule has 1 atom stereocenters. The van der Waals surface area contributed by atoms with Crippen molar-refractivity contribution in [3.05, 3.63) is 21.0 Å². The lowest BCUT2D eigenvalue weighted by Crippen LogP contribution is -2.26. The third-order valence-corrected chi connectivity index (χ3v) is 3.70. The number of nitrogens with zero attached hydrogens (tertiary/aromatic N) is 2. The van der Waals surface area contributed by atoms with Gasteiger partial charge in [0.2, 0.25) is 5.91 Å². The van der Waals surface area contributed by atoms with Crippen molar-refractivity contribution in [2.75, 3.05) is 18.0 Å². The lowest BCUT2D eigenvalue weighted by Gasteiger charge is -2.19. The molecular formula is C10H11ClIN3O. The highest BCUT2D eigenvalue weighted by Crippen LogP contribution is 2.34. The van der Waals surface area contributed by atoms with Crippen LogP contribution in [0.1, 0.15) is 6.42 Å². The summed E-state index contributed by atoms with van der Waals surface area (Å²) in [6.07, 6.45) is 3.76. The molecule has 1 unspecified atom stereocenters. The molecule has 2 rings (SSSR count). The maximum absolute atomic E-state index is 11.8. The van der Waals surface area contributed by atoms with Gasteiger partial charge in [-0.05, 0) is 35.1 Å². The molecule has 0 aliphatic carbocycles. The Kier molecular flexibility index (Phi) is 3.66. The monoisotopic (exact) mass is 351 g/mol. The molecule has 0 radical (unpaired) electrons. The molecule has 0 saturated carbocycles. The number of rotatable bonds is 2. The zero-order valence-electron chi connectivity index (χ0n) is 8.49. The molecule has 0 spiro atoms. The Labute approximate surface area is 112 Å². The maximum Gasteiger partial charge on any atom is 0.227 e. The van der Waals surface area contributed by atoms with E-state index in [1.54, 1.807) is 17.3 Å². The van der Waals surface area contributed by atoms with Gasteiger partial charge < -0.3 is 10.6 Å². The van der Waals surface area contributed by atoms with Crippen molar-refractivity contribution in [1.29, 1.82) is 0 Å². The van der Waals surface area contributed by atoms with E-state index in [-0.39, 0.29) is 11.8 Å². The van der Waals surface area contributed by atoms with Gasteiger partial charge in [-0.15, -0.1) is 0 Å². The zero-order chi connectivity index (χ0) is 11.7. The first-order valence-electron chi connectivity index (χ1n) is 4.93. The molecule has 1 saturated heterocycles.